The number of hydrogen-bond acceptors (Lipinski definition) is 2. The van der Waals surface area contributed by atoms with Crippen molar-refractivity contribution < 1.29 is 18.7 Å². The molecule has 0 amide bonds. The highest BCUT2D eigenvalue weighted by atomic mass is 19.1. The molecule has 0 N–H and O–H groups in total. The number of rotatable bonds is 2. The van der Waals surface area contributed by atoms with E-state index < -0.39 is 17.6 Å². The average molecular weight is 233 g/mol. The van der Waals surface area contributed by atoms with Crippen LogP contribution in [0.5, 0.6) is 0 Å². The van der Waals surface area contributed by atoms with Gasteiger partial charge in [-0.3, -0.25) is 0 Å². The SMILES string of the molecule is O=C([O-])c1ccc(-c2cc(F)cc(F)c2)cc1. The van der Waals surface area contributed by atoms with Crippen molar-refractivity contribution in [2.24, 2.45) is 0 Å². The van der Waals surface area contributed by atoms with Crippen LogP contribution >= 0.6 is 0 Å². The number of carboxylic acids is 1. The molecule has 0 fully saturated rings. The summed E-state index contributed by atoms with van der Waals surface area (Å²) in [7, 11) is 0. The van der Waals surface area contributed by atoms with Gasteiger partial charge in [-0.15, -0.1) is 0 Å². The fourth-order valence-electron chi connectivity index (χ4n) is 1.52. The number of carbonyl (C=O) groups excluding carboxylic acids is 1. The Morgan fingerprint density at radius 1 is 0.882 bits per heavy atom. The lowest BCUT2D eigenvalue weighted by Crippen LogP contribution is -2.21. The Balaban J connectivity index is 2.43. The van der Waals surface area contributed by atoms with E-state index in [9.17, 15) is 18.7 Å². The Labute approximate surface area is 96.1 Å². The van der Waals surface area contributed by atoms with Crippen molar-refractivity contribution in [3.63, 3.8) is 0 Å². The summed E-state index contributed by atoms with van der Waals surface area (Å²) in [5.41, 5.74) is 0.909. The second-order valence-electron chi connectivity index (χ2n) is 3.52. The second-order valence-corrected chi connectivity index (χ2v) is 3.52. The number of carboxylic acid groups (broad SMARTS) is 1. The smallest absolute Gasteiger partial charge is 0.126 e. The van der Waals surface area contributed by atoms with Crippen molar-refractivity contribution >= 4 is 5.97 Å². The van der Waals surface area contributed by atoms with Crippen LogP contribution in [0.1, 0.15) is 10.4 Å². The first-order valence-electron chi connectivity index (χ1n) is 4.84. The van der Waals surface area contributed by atoms with E-state index in [2.05, 4.69) is 0 Å². The van der Waals surface area contributed by atoms with E-state index in [1.54, 1.807) is 0 Å². The zero-order chi connectivity index (χ0) is 12.4. The number of benzene rings is 2. The molecule has 4 heteroatoms. The maximum Gasteiger partial charge on any atom is 0.126 e. The number of halogens is 2. The predicted molar refractivity (Wildman–Crippen MR) is 56.1 cm³/mol. The van der Waals surface area contributed by atoms with Gasteiger partial charge in [0.25, 0.3) is 0 Å². The molecule has 0 aliphatic carbocycles. The minimum Gasteiger partial charge on any atom is -0.545 e. The molecule has 0 aliphatic heterocycles. The zero-order valence-corrected chi connectivity index (χ0v) is 8.61. The van der Waals surface area contributed by atoms with Crippen molar-refractivity contribution in [2.45, 2.75) is 0 Å². The molecule has 0 atom stereocenters. The minimum absolute atomic E-state index is 0.0191. The van der Waals surface area contributed by atoms with Crippen molar-refractivity contribution in [1.82, 2.24) is 0 Å². The molecule has 0 heterocycles. The predicted octanol–water partition coefficient (Wildman–Crippen LogP) is 2.00. The largest absolute Gasteiger partial charge is 0.545 e. The van der Waals surface area contributed by atoms with Gasteiger partial charge in [0.1, 0.15) is 11.6 Å². The van der Waals surface area contributed by atoms with Gasteiger partial charge in [0.05, 0.1) is 5.97 Å². The van der Waals surface area contributed by atoms with Crippen molar-refractivity contribution in [1.29, 1.82) is 0 Å². The summed E-state index contributed by atoms with van der Waals surface area (Å²) in [6, 6.07) is 8.73. The van der Waals surface area contributed by atoms with E-state index in [0.29, 0.717) is 11.1 Å². The summed E-state index contributed by atoms with van der Waals surface area (Å²) < 4.78 is 26.0. The quantitative estimate of drug-likeness (QED) is 0.795. The Kier molecular flexibility index (Phi) is 2.87. The fourth-order valence-corrected chi connectivity index (χ4v) is 1.52. The van der Waals surface area contributed by atoms with Gasteiger partial charge in [0, 0.05) is 6.07 Å². The molecule has 2 aromatic carbocycles. The Morgan fingerprint density at radius 2 is 1.41 bits per heavy atom. The van der Waals surface area contributed by atoms with Crippen molar-refractivity contribution in [3.05, 3.63) is 59.7 Å². The number of hydrogen-bond donors (Lipinski definition) is 0. The van der Waals surface area contributed by atoms with E-state index >= 15 is 0 Å². The molecule has 0 saturated heterocycles. The van der Waals surface area contributed by atoms with E-state index in [1.165, 1.54) is 36.4 Å². The third kappa shape index (κ3) is 2.47. The van der Waals surface area contributed by atoms with Gasteiger partial charge in [-0.2, -0.15) is 0 Å². The summed E-state index contributed by atoms with van der Waals surface area (Å²) in [5, 5.41) is 10.5. The lowest BCUT2D eigenvalue weighted by Gasteiger charge is -2.05. The highest BCUT2D eigenvalue weighted by molar-refractivity contribution is 5.86. The average Bonchev–Trinajstić information content (AvgIpc) is 2.28. The van der Waals surface area contributed by atoms with E-state index in [4.69, 9.17) is 0 Å². The Bertz CT molecular complexity index is 542. The Hall–Kier alpha value is -2.23. The van der Waals surface area contributed by atoms with Crippen LogP contribution in [0.2, 0.25) is 0 Å². The Morgan fingerprint density at radius 3 is 1.88 bits per heavy atom. The molecule has 0 spiro atoms. The van der Waals surface area contributed by atoms with Gasteiger partial charge < -0.3 is 9.90 Å². The highest BCUT2D eigenvalue weighted by Gasteiger charge is 2.03. The van der Waals surface area contributed by atoms with Gasteiger partial charge in [0.2, 0.25) is 0 Å². The molecule has 0 unspecified atom stereocenters. The summed E-state index contributed by atoms with van der Waals surface area (Å²) in [5.74, 6) is -2.64. The van der Waals surface area contributed by atoms with Gasteiger partial charge in [0.15, 0.2) is 0 Å². The molecule has 0 aliphatic rings. The molecule has 17 heavy (non-hydrogen) atoms. The molecule has 86 valence electrons. The topological polar surface area (TPSA) is 40.1 Å². The summed E-state index contributed by atoms with van der Waals surface area (Å²) >= 11 is 0. The molecule has 0 saturated carbocycles. The normalized spacial score (nSPS) is 10.2. The number of aromatic carboxylic acids is 1. The van der Waals surface area contributed by atoms with E-state index in [0.717, 1.165) is 6.07 Å². The van der Waals surface area contributed by atoms with Crippen molar-refractivity contribution in [2.75, 3.05) is 0 Å². The summed E-state index contributed by atoms with van der Waals surface area (Å²) in [6.07, 6.45) is 0. The fraction of sp³-hybridized carbons (Fsp3) is 0. The molecule has 2 aromatic rings. The van der Waals surface area contributed by atoms with Crippen LogP contribution in [0.3, 0.4) is 0 Å². The third-order valence-electron chi connectivity index (χ3n) is 2.32. The van der Waals surface area contributed by atoms with Crippen LogP contribution in [0.25, 0.3) is 11.1 Å². The second kappa shape index (κ2) is 4.33. The van der Waals surface area contributed by atoms with Crippen LogP contribution in [0.4, 0.5) is 8.78 Å². The van der Waals surface area contributed by atoms with Gasteiger partial charge in [-0.1, -0.05) is 24.3 Å². The third-order valence-corrected chi connectivity index (χ3v) is 2.32. The molecule has 2 rings (SSSR count). The first-order chi connectivity index (χ1) is 8.06. The molecule has 0 aromatic heterocycles. The van der Waals surface area contributed by atoms with Gasteiger partial charge in [-0.25, -0.2) is 8.78 Å². The van der Waals surface area contributed by atoms with Gasteiger partial charge in [-0.05, 0) is 28.8 Å². The molecular weight excluding hydrogens is 226 g/mol. The standard InChI is InChI=1S/C13H8F2O2/c14-11-5-10(6-12(15)7-11)8-1-3-9(4-2-8)13(16)17/h1-7H,(H,16,17)/p-1. The maximum absolute atomic E-state index is 13.0. The summed E-state index contributed by atoms with van der Waals surface area (Å²) in [4.78, 5) is 10.5. The van der Waals surface area contributed by atoms with Crippen LogP contribution < -0.4 is 5.11 Å². The first-order valence-corrected chi connectivity index (χ1v) is 4.84. The van der Waals surface area contributed by atoms with Crippen LogP contribution in [0.15, 0.2) is 42.5 Å². The number of carbonyl (C=O) groups is 1. The lowest BCUT2D eigenvalue weighted by atomic mass is 10.0. The minimum atomic E-state index is -1.29. The summed E-state index contributed by atoms with van der Waals surface area (Å²) in [6.45, 7) is 0. The molecule has 2 nitrogen and oxygen atoms in total. The van der Waals surface area contributed by atoms with Gasteiger partial charge >= 0.3 is 0 Å². The molecule has 0 radical (unpaired) electrons. The highest BCUT2D eigenvalue weighted by Crippen LogP contribution is 2.21. The van der Waals surface area contributed by atoms with Crippen molar-refractivity contribution in [3.8, 4) is 11.1 Å². The maximum atomic E-state index is 13.0. The van der Waals surface area contributed by atoms with Crippen LogP contribution in [-0.4, -0.2) is 5.97 Å². The van der Waals surface area contributed by atoms with E-state index in [1.807, 2.05) is 0 Å². The first kappa shape index (κ1) is 11.3. The molecular formula is C13H7F2O2-. The van der Waals surface area contributed by atoms with Crippen LogP contribution in [-0.2, 0) is 0 Å². The lowest BCUT2D eigenvalue weighted by molar-refractivity contribution is -0.255. The van der Waals surface area contributed by atoms with E-state index in [-0.39, 0.29) is 5.56 Å². The zero-order valence-electron chi connectivity index (χ0n) is 8.61. The van der Waals surface area contributed by atoms with Crippen LogP contribution in [0, 0.1) is 11.6 Å². The molecule has 0 bridgehead atoms. The monoisotopic (exact) mass is 233 g/mol.